The normalized spacial score (nSPS) is 19.8. The Labute approximate surface area is 194 Å². The van der Waals surface area contributed by atoms with Crippen LogP contribution in [0.25, 0.3) is 0 Å². The second-order valence-electron chi connectivity index (χ2n) is 10.0. The Kier molecular flexibility index (Phi) is 9.19. The largest absolute Gasteiger partial charge is 0.455 e. The quantitative estimate of drug-likeness (QED) is 0.347. The molecule has 2 saturated carbocycles. The third-order valence-electron chi connectivity index (χ3n) is 7.49. The topological polar surface area (TPSA) is 52.6 Å². The molecule has 0 bridgehead atoms. The second kappa shape index (κ2) is 11.9. The fourth-order valence-corrected chi connectivity index (χ4v) is 5.54. The molecule has 4 nitrogen and oxygen atoms in total. The van der Waals surface area contributed by atoms with Gasteiger partial charge in [-0.15, -0.1) is 0 Å². The van der Waals surface area contributed by atoms with E-state index in [0.29, 0.717) is 11.1 Å². The number of hydrogen-bond donors (Lipinski definition) is 0. The van der Waals surface area contributed by atoms with E-state index in [2.05, 4.69) is 13.8 Å². The highest BCUT2D eigenvalue weighted by Crippen LogP contribution is 2.38. The predicted octanol–water partition coefficient (Wildman–Crippen LogP) is 7.79. The molecular formula is C28H42O4. The zero-order chi connectivity index (χ0) is 22.9. The van der Waals surface area contributed by atoms with Crippen molar-refractivity contribution in [1.29, 1.82) is 0 Å². The van der Waals surface area contributed by atoms with Gasteiger partial charge in [0.2, 0.25) is 0 Å². The molecule has 0 heterocycles. The van der Waals surface area contributed by atoms with Crippen molar-refractivity contribution in [2.24, 2.45) is 0 Å². The summed E-state index contributed by atoms with van der Waals surface area (Å²) in [5.41, 5.74) is -0.0666. The van der Waals surface area contributed by atoms with Crippen LogP contribution in [0.3, 0.4) is 0 Å². The molecule has 1 aromatic rings. The summed E-state index contributed by atoms with van der Waals surface area (Å²) in [6.07, 6.45) is 16.6. The molecule has 0 saturated heterocycles. The van der Waals surface area contributed by atoms with Crippen LogP contribution in [0, 0.1) is 0 Å². The van der Waals surface area contributed by atoms with Crippen molar-refractivity contribution in [3.05, 3.63) is 35.4 Å². The van der Waals surface area contributed by atoms with Gasteiger partial charge in [-0.3, -0.25) is 0 Å². The average molecular weight is 443 g/mol. The molecular weight excluding hydrogens is 400 g/mol. The van der Waals surface area contributed by atoms with E-state index < -0.39 is 0 Å². The molecule has 0 amide bonds. The van der Waals surface area contributed by atoms with Gasteiger partial charge in [0.1, 0.15) is 11.2 Å². The second-order valence-corrected chi connectivity index (χ2v) is 10.0. The Morgan fingerprint density at radius 1 is 0.688 bits per heavy atom. The molecule has 0 radical (unpaired) electrons. The molecule has 0 N–H and O–H groups in total. The van der Waals surface area contributed by atoms with Crippen LogP contribution in [0.15, 0.2) is 24.3 Å². The highest BCUT2D eigenvalue weighted by molar-refractivity contribution is 6.03. The zero-order valence-corrected chi connectivity index (χ0v) is 20.3. The number of benzene rings is 1. The lowest BCUT2D eigenvalue weighted by Crippen LogP contribution is -2.39. The third-order valence-corrected chi connectivity index (χ3v) is 7.49. The van der Waals surface area contributed by atoms with Crippen molar-refractivity contribution in [3.8, 4) is 0 Å². The van der Waals surface area contributed by atoms with E-state index >= 15 is 0 Å². The summed E-state index contributed by atoms with van der Waals surface area (Å²) in [4.78, 5) is 26.6. The lowest BCUT2D eigenvalue weighted by Gasteiger charge is -2.38. The van der Waals surface area contributed by atoms with E-state index in [4.69, 9.17) is 9.47 Å². The van der Waals surface area contributed by atoms with E-state index in [1.54, 1.807) is 24.3 Å². The van der Waals surface area contributed by atoms with Crippen molar-refractivity contribution in [2.45, 2.75) is 128 Å². The molecule has 0 aliphatic heterocycles. The van der Waals surface area contributed by atoms with Crippen molar-refractivity contribution in [1.82, 2.24) is 0 Å². The molecule has 178 valence electrons. The summed E-state index contributed by atoms with van der Waals surface area (Å²) in [6.45, 7) is 4.34. The molecule has 4 heteroatoms. The van der Waals surface area contributed by atoms with Crippen LogP contribution >= 0.6 is 0 Å². The first-order valence-corrected chi connectivity index (χ1v) is 13.1. The summed E-state index contributed by atoms with van der Waals surface area (Å²) in [5, 5.41) is 0. The molecule has 2 fully saturated rings. The smallest absolute Gasteiger partial charge is 0.339 e. The maximum atomic E-state index is 13.3. The first-order chi connectivity index (χ1) is 15.5. The predicted molar refractivity (Wildman–Crippen MR) is 128 cm³/mol. The van der Waals surface area contributed by atoms with Gasteiger partial charge in [0, 0.05) is 0 Å². The van der Waals surface area contributed by atoms with Gasteiger partial charge in [0.15, 0.2) is 0 Å². The van der Waals surface area contributed by atoms with Crippen LogP contribution in [0.2, 0.25) is 0 Å². The Morgan fingerprint density at radius 2 is 1.06 bits per heavy atom. The molecule has 0 atom stereocenters. The molecule has 2 aliphatic rings. The van der Waals surface area contributed by atoms with Gasteiger partial charge >= 0.3 is 11.9 Å². The van der Waals surface area contributed by atoms with Crippen LogP contribution in [0.1, 0.15) is 137 Å². The molecule has 2 aliphatic carbocycles. The summed E-state index contributed by atoms with van der Waals surface area (Å²) in [6, 6.07) is 7.05. The number of ether oxygens (including phenoxy) is 2. The van der Waals surface area contributed by atoms with Crippen molar-refractivity contribution in [3.63, 3.8) is 0 Å². The zero-order valence-electron chi connectivity index (χ0n) is 20.3. The number of esters is 2. The van der Waals surface area contributed by atoms with Gasteiger partial charge in [-0.25, -0.2) is 9.59 Å². The number of carbonyl (C=O) groups excluding carboxylic acids is 2. The Bertz CT molecular complexity index is 679. The number of unbranched alkanes of at least 4 members (excludes halogenated alkanes) is 2. The van der Waals surface area contributed by atoms with Crippen molar-refractivity contribution < 1.29 is 19.1 Å². The summed E-state index contributed by atoms with van der Waals surface area (Å²) in [5.74, 6) is -0.747. The van der Waals surface area contributed by atoms with Gasteiger partial charge < -0.3 is 9.47 Å². The molecule has 32 heavy (non-hydrogen) atoms. The number of rotatable bonds is 10. The Hall–Kier alpha value is -1.84. The van der Waals surface area contributed by atoms with Gasteiger partial charge in [0.05, 0.1) is 11.1 Å². The van der Waals surface area contributed by atoms with Crippen LogP contribution < -0.4 is 0 Å². The average Bonchev–Trinajstić information content (AvgIpc) is 2.82. The third kappa shape index (κ3) is 6.36. The summed E-state index contributed by atoms with van der Waals surface area (Å²) in [7, 11) is 0. The van der Waals surface area contributed by atoms with E-state index in [-0.39, 0.29) is 23.1 Å². The minimum absolute atomic E-state index is 0.348. The fraction of sp³-hybridized carbons (Fsp3) is 0.714. The summed E-state index contributed by atoms with van der Waals surface area (Å²) < 4.78 is 12.4. The monoisotopic (exact) mass is 442 g/mol. The Morgan fingerprint density at radius 3 is 1.41 bits per heavy atom. The van der Waals surface area contributed by atoms with E-state index in [0.717, 1.165) is 89.9 Å². The van der Waals surface area contributed by atoms with E-state index in [1.165, 1.54) is 12.8 Å². The number of hydrogen-bond acceptors (Lipinski definition) is 4. The molecule has 3 rings (SSSR count). The molecule has 0 unspecified atom stereocenters. The van der Waals surface area contributed by atoms with Crippen LogP contribution in [-0.4, -0.2) is 23.1 Å². The van der Waals surface area contributed by atoms with Gasteiger partial charge in [-0.05, 0) is 89.2 Å². The van der Waals surface area contributed by atoms with Gasteiger partial charge in [-0.2, -0.15) is 0 Å². The van der Waals surface area contributed by atoms with Crippen molar-refractivity contribution in [2.75, 3.05) is 0 Å². The van der Waals surface area contributed by atoms with Crippen LogP contribution in [0.4, 0.5) is 0 Å². The SMILES string of the molecule is CCCCC1(OC(=O)c2ccccc2C(=O)OC2(CCCC)CCCCC2)CCCCC1. The first-order valence-electron chi connectivity index (χ1n) is 13.1. The molecule has 0 aromatic heterocycles. The maximum absolute atomic E-state index is 13.3. The van der Waals surface area contributed by atoms with Crippen LogP contribution in [0.5, 0.6) is 0 Å². The lowest BCUT2D eigenvalue weighted by molar-refractivity contribution is -0.0471. The number of carbonyl (C=O) groups is 2. The van der Waals surface area contributed by atoms with Gasteiger partial charge in [-0.1, -0.05) is 51.7 Å². The van der Waals surface area contributed by atoms with Crippen LogP contribution in [-0.2, 0) is 9.47 Å². The maximum Gasteiger partial charge on any atom is 0.339 e. The van der Waals surface area contributed by atoms with Crippen molar-refractivity contribution >= 4 is 11.9 Å². The van der Waals surface area contributed by atoms with E-state index in [1.807, 2.05) is 0 Å². The van der Waals surface area contributed by atoms with E-state index in [9.17, 15) is 9.59 Å². The fourth-order valence-electron chi connectivity index (χ4n) is 5.54. The molecule has 0 spiro atoms. The minimum Gasteiger partial charge on any atom is -0.455 e. The van der Waals surface area contributed by atoms with Gasteiger partial charge in [0.25, 0.3) is 0 Å². The minimum atomic E-state index is -0.381. The highest BCUT2D eigenvalue weighted by atomic mass is 16.6. The standard InChI is InChI=1S/C28H42O4/c1-3-5-17-27(19-11-7-12-20-27)31-25(29)23-15-9-10-16-24(23)26(30)32-28(18-6-4-2)21-13-8-14-22-28/h9-10,15-16H,3-8,11-14,17-22H2,1-2H3. The first kappa shape index (κ1) is 24.8. The summed E-state index contributed by atoms with van der Waals surface area (Å²) >= 11 is 0. The molecule has 1 aromatic carbocycles. The highest BCUT2D eigenvalue weighted by Gasteiger charge is 2.38. The Balaban J connectivity index is 1.77. The lowest BCUT2D eigenvalue weighted by atomic mass is 9.81.